The molecule has 116 valence electrons. The smallest absolute Gasteiger partial charge is 0.274 e. The van der Waals surface area contributed by atoms with E-state index in [1.165, 1.54) is 5.56 Å². The van der Waals surface area contributed by atoms with Crippen LogP contribution in [0.1, 0.15) is 40.8 Å². The molecule has 0 saturated heterocycles. The number of benzene rings is 1. The Balaban J connectivity index is 2.20. The van der Waals surface area contributed by atoms with Crippen molar-refractivity contribution in [3.05, 3.63) is 46.9 Å². The van der Waals surface area contributed by atoms with Crippen LogP contribution < -0.4 is 10.6 Å². The summed E-state index contributed by atoms with van der Waals surface area (Å²) in [6.45, 7) is 8.68. The molecule has 0 fully saturated rings. The molecule has 1 aromatic carbocycles. The molecule has 0 spiro atoms. The van der Waals surface area contributed by atoms with Crippen molar-refractivity contribution >= 4 is 17.4 Å². The molecule has 0 unspecified atom stereocenters. The summed E-state index contributed by atoms with van der Waals surface area (Å²) in [5.41, 5.74) is 3.36. The van der Waals surface area contributed by atoms with Gasteiger partial charge in [-0.1, -0.05) is 24.6 Å². The van der Waals surface area contributed by atoms with Crippen LogP contribution in [0, 0.1) is 20.8 Å². The Morgan fingerprint density at radius 3 is 2.59 bits per heavy atom. The van der Waals surface area contributed by atoms with Crippen LogP contribution in [0.3, 0.4) is 0 Å². The number of hydrogen-bond donors (Lipinski definition) is 2. The van der Waals surface area contributed by atoms with Crippen LogP contribution in [0.5, 0.6) is 0 Å². The van der Waals surface area contributed by atoms with Crippen molar-refractivity contribution < 1.29 is 4.79 Å². The summed E-state index contributed by atoms with van der Waals surface area (Å²) in [5.74, 6) is 1.03. The van der Waals surface area contributed by atoms with Gasteiger partial charge in [0.1, 0.15) is 17.3 Å². The fourth-order valence-corrected chi connectivity index (χ4v) is 2.17. The fraction of sp³-hybridized carbons (Fsp3) is 0.353. The molecule has 22 heavy (non-hydrogen) atoms. The summed E-state index contributed by atoms with van der Waals surface area (Å²) in [5, 5.41) is 6.09. The van der Waals surface area contributed by atoms with E-state index in [0.29, 0.717) is 17.3 Å². The number of hydrogen-bond acceptors (Lipinski definition) is 4. The Hall–Kier alpha value is -2.43. The molecule has 0 aliphatic heterocycles. The number of aryl methyl sites for hydroxylation is 3. The predicted octanol–water partition coefficient (Wildman–Crippen LogP) is 3.48. The maximum absolute atomic E-state index is 12.4. The molecule has 0 aliphatic carbocycles. The van der Waals surface area contributed by atoms with E-state index in [-0.39, 0.29) is 5.91 Å². The van der Waals surface area contributed by atoms with Crippen molar-refractivity contribution in [1.29, 1.82) is 0 Å². The average Bonchev–Trinajstić information content (AvgIpc) is 2.47. The summed E-state index contributed by atoms with van der Waals surface area (Å²) in [6.07, 6.45) is 0.993. The van der Waals surface area contributed by atoms with Gasteiger partial charge in [-0.25, -0.2) is 9.97 Å². The zero-order chi connectivity index (χ0) is 16.1. The second kappa shape index (κ2) is 7.02. The molecule has 2 N–H and O–H groups in total. The molecule has 2 aromatic rings. The van der Waals surface area contributed by atoms with Crippen LogP contribution in [-0.4, -0.2) is 22.4 Å². The van der Waals surface area contributed by atoms with Gasteiger partial charge in [0.25, 0.3) is 5.91 Å². The van der Waals surface area contributed by atoms with E-state index in [0.717, 1.165) is 24.2 Å². The quantitative estimate of drug-likeness (QED) is 0.887. The van der Waals surface area contributed by atoms with E-state index in [9.17, 15) is 4.79 Å². The van der Waals surface area contributed by atoms with E-state index in [1.54, 1.807) is 13.0 Å². The van der Waals surface area contributed by atoms with E-state index >= 15 is 0 Å². The van der Waals surface area contributed by atoms with Crippen LogP contribution in [0.4, 0.5) is 11.5 Å². The second-order valence-electron chi connectivity index (χ2n) is 5.38. The standard InChI is InChI=1S/C17H22N4O/c1-5-8-18-16-10-15(19-13(4)20-16)17(22)21-14-7-6-11(2)9-12(14)3/h6-7,9-10H,5,8H2,1-4H3,(H,21,22)(H,18,19,20). The van der Waals surface area contributed by atoms with Gasteiger partial charge in [0.05, 0.1) is 0 Å². The number of aromatic nitrogens is 2. The van der Waals surface area contributed by atoms with Crippen molar-refractivity contribution in [2.24, 2.45) is 0 Å². The monoisotopic (exact) mass is 298 g/mol. The summed E-state index contributed by atoms with van der Waals surface area (Å²) in [6, 6.07) is 7.60. The molecule has 0 aliphatic rings. The molecule has 1 amide bonds. The molecule has 0 radical (unpaired) electrons. The number of anilines is 2. The molecule has 0 atom stereocenters. The van der Waals surface area contributed by atoms with E-state index < -0.39 is 0 Å². The number of nitrogens with one attached hydrogen (secondary N) is 2. The van der Waals surface area contributed by atoms with Gasteiger partial charge in [0.2, 0.25) is 0 Å². The first-order valence-electron chi connectivity index (χ1n) is 7.47. The molecule has 5 nitrogen and oxygen atoms in total. The third kappa shape index (κ3) is 4.04. The van der Waals surface area contributed by atoms with Gasteiger partial charge in [-0.2, -0.15) is 0 Å². The van der Waals surface area contributed by atoms with Gasteiger partial charge in [-0.05, 0) is 38.8 Å². The van der Waals surface area contributed by atoms with Gasteiger partial charge in [0, 0.05) is 18.3 Å². The van der Waals surface area contributed by atoms with Gasteiger partial charge in [0.15, 0.2) is 0 Å². The van der Waals surface area contributed by atoms with Crippen LogP contribution in [-0.2, 0) is 0 Å². The Bertz CT molecular complexity index is 682. The number of amides is 1. The minimum atomic E-state index is -0.225. The first-order valence-corrected chi connectivity index (χ1v) is 7.47. The van der Waals surface area contributed by atoms with E-state index in [2.05, 4.69) is 27.5 Å². The lowest BCUT2D eigenvalue weighted by Gasteiger charge is -2.10. The number of carbonyl (C=O) groups excluding carboxylic acids is 1. The second-order valence-corrected chi connectivity index (χ2v) is 5.38. The summed E-state index contributed by atoms with van der Waals surface area (Å²) >= 11 is 0. The van der Waals surface area contributed by atoms with E-state index in [1.807, 2.05) is 32.0 Å². The molecule has 1 aromatic heterocycles. The first kappa shape index (κ1) is 15.9. The van der Waals surface area contributed by atoms with Crippen molar-refractivity contribution in [3.8, 4) is 0 Å². The highest BCUT2D eigenvalue weighted by Crippen LogP contribution is 2.17. The van der Waals surface area contributed by atoms with Gasteiger partial charge >= 0.3 is 0 Å². The maximum atomic E-state index is 12.4. The summed E-state index contributed by atoms with van der Waals surface area (Å²) < 4.78 is 0. The predicted molar refractivity (Wildman–Crippen MR) is 89.4 cm³/mol. The van der Waals surface area contributed by atoms with Crippen molar-refractivity contribution in [3.63, 3.8) is 0 Å². The average molecular weight is 298 g/mol. The van der Waals surface area contributed by atoms with Gasteiger partial charge in [-0.3, -0.25) is 4.79 Å². The molecule has 0 saturated carbocycles. The zero-order valence-electron chi connectivity index (χ0n) is 13.5. The largest absolute Gasteiger partial charge is 0.370 e. The van der Waals surface area contributed by atoms with Crippen molar-refractivity contribution in [1.82, 2.24) is 9.97 Å². The number of carbonyl (C=O) groups is 1. The number of nitrogens with zero attached hydrogens (tertiary/aromatic N) is 2. The molecule has 0 bridgehead atoms. The van der Waals surface area contributed by atoms with Crippen molar-refractivity contribution in [2.45, 2.75) is 34.1 Å². The minimum absolute atomic E-state index is 0.225. The van der Waals surface area contributed by atoms with Crippen molar-refractivity contribution in [2.75, 3.05) is 17.2 Å². The maximum Gasteiger partial charge on any atom is 0.274 e. The fourth-order valence-electron chi connectivity index (χ4n) is 2.17. The highest BCUT2D eigenvalue weighted by atomic mass is 16.1. The lowest BCUT2D eigenvalue weighted by molar-refractivity contribution is 0.102. The van der Waals surface area contributed by atoms with E-state index in [4.69, 9.17) is 0 Å². The lowest BCUT2D eigenvalue weighted by atomic mass is 10.1. The molecular formula is C17H22N4O. The molecule has 2 rings (SSSR count). The minimum Gasteiger partial charge on any atom is -0.370 e. The lowest BCUT2D eigenvalue weighted by Crippen LogP contribution is -2.16. The SMILES string of the molecule is CCCNc1cc(C(=O)Nc2ccc(C)cc2C)nc(C)n1. The van der Waals surface area contributed by atoms with Gasteiger partial charge < -0.3 is 10.6 Å². The number of rotatable bonds is 5. The highest BCUT2D eigenvalue weighted by molar-refractivity contribution is 6.03. The summed E-state index contributed by atoms with van der Waals surface area (Å²) in [4.78, 5) is 20.9. The third-order valence-corrected chi connectivity index (χ3v) is 3.26. The first-order chi connectivity index (χ1) is 10.5. The highest BCUT2D eigenvalue weighted by Gasteiger charge is 2.12. The zero-order valence-corrected chi connectivity index (χ0v) is 13.5. The van der Waals surface area contributed by atoms with Crippen LogP contribution in [0.25, 0.3) is 0 Å². The Morgan fingerprint density at radius 1 is 1.14 bits per heavy atom. The van der Waals surface area contributed by atoms with Crippen LogP contribution in [0.15, 0.2) is 24.3 Å². The topological polar surface area (TPSA) is 66.9 Å². The Morgan fingerprint density at radius 2 is 1.91 bits per heavy atom. The molecule has 1 heterocycles. The Labute approximate surface area is 131 Å². The van der Waals surface area contributed by atoms with Gasteiger partial charge in [-0.15, -0.1) is 0 Å². The Kier molecular flexibility index (Phi) is 5.09. The molecular weight excluding hydrogens is 276 g/mol. The van der Waals surface area contributed by atoms with Crippen LogP contribution >= 0.6 is 0 Å². The normalized spacial score (nSPS) is 10.4. The summed E-state index contributed by atoms with van der Waals surface area (Å²) in [7, 11) is 0. The molecule has 5 heteroatoms. The van der Waals surface area contributed by atoms with Crippen LogP contribution in [0.2, 0.25) is 0 Å². The third-order valence-electron chi connectivity index (χ3n) is 3.26.